The summed E-state index contributed by atoms with van der Waals surface area (Å²) >= 11 is 0. The number of nitrogens with zero attached hydrogens (tertiary/aromatic N) is 1. The number of aliphatic hydroxyl groups is 1. The van der Waals surface area contributed by atoms with Crippen molar-refractivity contribution < 1.29 is 74.1 Å². The molecule has 21 nitrogen and oxygen atoms in total. The van der Waals surface area contributed by atoms with E-state index < -0.39 is 79.0 Å². The zero-order valence-corrected chi connectivity index (χ0v) is 26.3. The van der Waals surface area contributed by atoms with E-state index in [1.165, 1.54) is 19.9 Å². The summed E-state index contributed by atoms with van der Waals surface area (Å²) in [5, 5.41) is 10.5. The average Bonchev–Trinajstić information content (AvgIpc) is 3.23. The lowest BCUT2D eigenvalue weighted by molar-refractivity contribution is -0.0450. The molecule has 0 radical (unpaired) electrons. The standard InChI is InChI=1S/C20H24N2O19P4/c1-10-5-18(24)37-15-4-3-12(6-13(10)15)38-43(29,30)40-45(33,34)41-44(31,32)39-42(27,28)35-9-16-14(23)7-17(36-16)22-8-11(2)19(25)21-20(22)26/h3-6,8,14,16-17,23H,7,9H2,1-2H3,(H,27,28)(H,29,30)(H,31,32)(H,33,34)(H,21,25,26)/t14?,16-,17-/m1/s1. The van der Waals surface area contributed by atoms with Gasteiger partial charge in [0, 0.05) is 29.6 Å². The number of hydrogen-bond acceptors (Lipinski definition) is 15. The van der Waals surface area contributed by atoms with Gasteiger partial charge in [-0.25, -0.2) is 27.8 Å². The molecule has 25 heteroatoms. The smallest absolute Gasteiger partial charge is 0.423 e. The minimum atomic E-state index is -6.09. The zero-order valence-electron chi connectivity index (χ0n) is 22.7. The van der Waals surface area contributed by atoms with Crippen molar-refractivity contribution in [3.8, 4) is 5.75 Å². The minimum absolute atomic E-state index is 0.0689. The van der Waals surface area contributed by atoms with Crippen molar-refractivity contribution in [2.75, 3.05) is 6.61 Å². The number of benzene rings is 1. The molecule has 248 valence electrons. The molecule has 7 atom stereocenters. The first-order chi connectivity index (χ1) is 20.6. The molecule has 3 aromatic rings. The van der Waals surface area contributed by atoms with Crippen LogP contribution in [0.25, 0.3) is 11.0 Å². The topological polar surface area (TPSA) is 310 Å². The monoisotopic (exact) mass is 720 g/mol. The minimum Gasteiger partial charge on any atom is -0.423 e. The van der Waals surface area contributed by atoms with Gasteiger partial charge >= 0.3 is 42.6 Å². The van der Waals surface area contributed by atoms with Crippen LogP contribution in [0.5, 0.6) is 5.75 Å². The molecule has 1 aliphatic rings. The number of aromatic nitrogens is 2. The second kappa shape index (κ2) is 12.9. The second-order valence-corrected chi connectivity index (χ2v) is 15.5. The van der Waals surface area contributed by atoms with E-state index in [-0.39, 0.29) is 23.0 Å². The molecule has 4 rings (SSSR count). The normalized spacial score (nSPS) is 23.9. The van der Waals surface area contributed by atoms with Crippen LogP contribution in [0.2, 0.25) is 0 Å². The highest BCUT2D eigenvalue weighted by atomic mass is 31.3. The summed E-state index contributed by atoms with van der Waals surface area (Å²) in [6.45, 7) is 1.91. The van der Waals surface area contributed by atoms with Crippen LogP contribution in [0, 0.1) is 13.8 Å². The quantitative estimate of drug-likeness (QED) is 0.114. The Bertz CT molecular complexity index is 1990. The summed E-state index contributed by atoms with van der Waals surface area (Å²) in [5.41, 5.74) is -1.64. The summed E-state index contributed by atoms with van der Waals surface area (Å²) < 4.78 is 81.0. The Morgan fingerprint density at radius 2 is 1.53 bits per heavy atom. The van der Waals surface area contributed by atoms with Gasteiger partial charge in [-0.15, -0.1) is 0 Å². The van der Waals surface area contributed by atoms with E-state index in [0.717, 1.165) is 29.0 Å². The molecule has 1 aliphatic heterocycles. The number of aryl methyl sites for hydroxylation is 2. The van der Waals surface area contributed by atoms with Crippen molar-refractivity contribution in [1.82, 2.24) is 9.55 Å². The van der Waals surface area contributed by atoms with Gasteiger partial charge in [-0.2, -0.15) is 12.9 Å². The fourth-order valence-electron chi connectivity index (χ4n) is 3.95. The van der Waals surface area contributed by atoms with Crippen molar-refractivity contribution in [1.29, 1.82) is 0 Å². The maximum Gasteiger partial charge on any atom is 0.536 e. The van der Waals surface area contributed by atoms with E-state index in [1.807, 2.05) is 4.98 Å². The largest absolute Gasteiger partial charge is 0.536 e. The third-order valence-corrected chi connectivity index (χ3v) is 11.7. The van der Waals surface area contributed by atoms with Crippen LogP contribution < -0.4 is 21.4 Å². The molecule has 1 fully saturated rings. The number of phosphoric acid groups is 4. The molecule has 1 aromatic carbocycles. The highest BCUT2D eigenvalue weighted by Gasteiger charge is 2.47. The Morgan fingerprint density at radius 3 is 2.20 bits per heavy atom. The van der Waals surface area contributed by atoms with Gasteiger partial charge in [-0.3, -0.25) is 23.8 Å². The van der Waals surface area contributed by atoms with Gasteiger partial charge in [0.2, 0.25) is 0 Å². The molecule has 0 saturated carbocycles. The fourth-order valence-corrected chi connectivity index (χ4v) is 8.90. The summed E-state index contributed by atoms with van der Waals surface area (Å²) in [4.78, 5) is 76.4. The predicted molar refractivity (Wildman–Crippen MR) is 147 cm³/mol. The molecule has 0 bridgehead atoms. The zero-order chi connectivity index (χ0) is 33.5. The maximum atomic E-state index is 12.3. The van der Waals surface area contributed by atoms with E-state index in [1.54, 1.807) is 0 Å². The van der Waals surface area contributed by atoms with Gasteiger partial charge in [0.15, 0.2) is 0 Å². The molecule has 45 heavy (non-hydrogen) atoms. The maximum absolute atomic E-state index is 12.3. The number of nitrogens with one attached hydrogen (secondary N) is 1. The number of ether oxygens (including phenoxy) is 1. The third kappa shape index (κ3) is 9.25. The van der Waals surface area contributed by atoms with Crippen molar-refractivity contribution >= 4 is 42.3 Å². The number of aliphatic hydroxyl groups excluding tert-OH is 1. The molecule has 2 aromatic heterocycles. The molecular formula is C20H24N2O19P4. The van der Waals surface area contributed by atoms with Gasteiger partial charge in [0.1, 0.15) is 23.7 Å². The van der Waals surface area contributed by atoms with Gasteiger partial charge in [0.05, 0.1) is 12.7 Å². The first kappa shape index (κ1) is 35.3. The molecule has 0 aliphatic carbocycles. The van der Waals surface area contributed by atoms with Crippen molar-refractivity contribution in [3.63, 3.8) is 0 Å². The molecule has 1 saturated heterocycles. The number of fused-ring (bicyclic) bond motifs is 1. The van der Waals surface area contributed by atoms with Crippen LogP contribution in [0.15, 0.2) is 49.3 Å². The van der Waals surface area contributed by atoms with E-state index in [4.69, 9.17) is 9.15 Å². The average molecular weight is 720 g/mol. The summed E-state index contributed by atoms with van der Waals surface area (Å²) in [6, 6.07) is 4.40. The fraction of sp³-hybridized carbons (Fsp3) is 0.350. The lowest BCUT2D eigenvalue weighted by Crippen LogP contribution is -2.33. The Kier molecular flexibility index (Phi) is 10.1. The Labute approximate surface area is 250 Å². The van der Waals surface area contributed by atoms with Gasteiger partial charge < -0.3 is 33.5 Å². The number of aromatic amines is 1. The van der Waals surface area contributed by atoms with Crippen LogP contribution in [0.1, 0.15) is 23.8 Å². The Balaban J connectivity index is 1.35. The molecule has 3 heterocycles. The van der Waals surface area contributed by atoms with Crippen molar-refractivity contribution in [2.24, 2.45) is 0 Å². The van der Waals surface area contributed by atoms with Crippen molar-refractivity contribution in [3.05, 3.63) is 72.8 Å². The van der Waals surface area contributed by atoms with Crippen LogP contribution in [-0.2, 0) is 40.5 Å². The van der Waals surface area contributed by atoms with Crippen LogP contribution in [-0.4, -0.2) is 53.0 Å². The second-order valence-electron chi connectivity index (χ2n) is 9.32. The first-order valence-corrected chi connectivity index (χ1v) is 18.1. The molecule has 0 amide bonds. The van der Waals surface area contributed by atoms with E-state index in [2.05, 4.69) is 22.0 Å². The number of H-pyrrole nitrogens is 1. The predicted octanol–water partition coefficient (Wildman–Crippen LogP) is 1.46. The molecule has 0 spiro atoms. The first-order valence-electron chi connectivity index (χ1n) is 12.1. The molecular weight excluding hydrogens is 696 g/mol. The third-order valence-electron chi connectivity index (χ3n) is 5.82. The summed E-state index contributed by atoms with van der Waals surface area (Å²) in [6.07, 6.45) is -3.09. The Morgan fingerprint density at radius 1 is 0.911 bits per heavy atom. The van der Waals surface area contributed by atoms with Crippen LogP contribution in [0.4, 0.5) is 0 Å². The van der Waals surface area contributed by atoms with Gasteiger partial charge in [-0.05, 0) is 37.6 Å². The number of rotatable bonds is 12. The van der Waals surface area contributed by atoms with Crippen molar-refractivity contribution in [2.45, 2.75) is 38.7 Å². The molecule has 5 unspecified atom stereocenters. The van der Waals surface area contributed by atoms with Gasteiger partial charge in [0.25, 0.3) is 5.56 Å². The lowest BCUT2D eigenvalue weighted by atomic mass is 10.1. The lowest BCUT2D eigenvalue weighted by Gasteiger charge is -2.21. The SMILES string of the molecule is Cc1cn([C@H]2CC(O)[C@@H](COP(=O)(O)OP(=O)(O)OP(=O)(O)OP(=O)(O)Oc3ccc4oc(=O)cc(C)c4c3)O2)c(=O)[nH]c1=O. The van der Waals surface area contributed by atoms with Crippen LogP contribution >= 0.6 is 31.3 Å². The highest BCUT2D eigenvalue weighted by molar-refractivity contribution is 7.69. The summed E-state index contributed by atoms with van der Waals surface area (Å²) in [7, 11) is -23.4. The number of phosphoric ester groups is 2. The number of hydrogen-bond donors (Lipinski definition) is 6. The Hall–Kier alpha value is -2.57. The summed E-state index contributed by atoms with van der Waals surface area (Å²) in [5.74, 6) is -0.443. The van der Waals surface area contributed by atoms with E-state index >= 15 is 0 Å². The van der Waals surface area contributed by atoms with Gasteiger partial charge in [-0.1, -0.05) is 0 Å². The highest BCUT2D eigenvalue weighted by Crippen LogP contribution is 2.71. The van der Waals surface area contributed by atoms with E-state index in [9.17, 15) is 57.3 Å². The van der Waals surface area contributed by atoms with E-state index in [0.29, 0.717) is 5.56 Å². The molecule has 6 N–H and O–H groups in total. The van der Waals surface area contributed by atoms with Crippen LogP contribution in [0.3, 0.4) is 0 Å².